The normalized spacial score (nSPS) is 11.0. The van der Waals surface area contributed by atoms with Crippen molar-refractivity contribution in [3.8, 4) is 5.75 Å². The molecule has 0 fully saturated rings. The van der Waals surface area contributed by atoms with Gasteiger partial charge in [-0.1, -0.05) is 48.0 Å². The molecule has 2 N–H and O–H groups in total. The maximum absolute atomic E-state index is 12.4. The van der Waals surface area contributed by atoms with Crippen molar-refractivity contribution < 1.29 is 17.9 Å². The number of sulfonamides is 1. The first-order valence-corrected chi connectivity index (χ1v) is 11.1. The van der Waals surface area contributed by atoms with E-state index in [1.54, 1.807) is 18.2 Å². The number of para-hydroxylation sites is 1. The highest BCUT2D eigenvalue weighted by molar-refractivity contribution is 7.92. The fourth-order valence-corrected chi connectivity index (χ4v) is 4.05. The first-order valence-electron chi connectivity index (χ1n) is 9.21. The lowest BCUT2D eigenvalue weighted by Gasteiger charge is -2.12. The number of aryl methyl sites for hydroxylation is 1. The van der Waals surface area contributed by atoms with Crippen LogP contribution in [0.4, 0.5) is 5.69 Å². The molecule has 0 aliphatic carbocycles. The van der Waals surface area contributed by atoms with E-state index in [4.69, 9.17) is 16.3 Å². The molecule has 0 saturated heterocycles. The SMILES string of the molecule is Cc1ccccc1OCCNC(=O)c1ccc(NS(=O)(=O)c2ccccc2)cc1Cl. The number of nitrogens with one attached hydrogen (secondary N) is 2. The Morgan fingerprint density at radius 1 is 1.00 bits per heavy atom. The van der Waals surface area contributed by atoms with Gasteiger partial charge in [-0.25, -0.2) is 8.42 Å². The van der Waals surface area contributed by atoms with Gasteiger partial charge in [-0.15, -0.1) is 0 Å². The minimum Gasteiger partial charge on any atom is -0.491 e. The molecule has 30 heavy (non-hydrogen) atoms. The van der Waals surface area contributed by atoms with E-state index >= 15 is 0 Å². The van der Waals surface area contributed by atoms with Gasteiger partial charge in [-0.05, 0) is 48.9 Å². The molecule has 0 aliphatic heterocycles. The molecular formula is C22H21ClN2O4S. The number of hydrogen-bond donors (Lipinski definition) is 2. The van der Waals surface area contributed by atoms with Crippen molar-refractivity contribution in [1.29, 1.82) is 0 Å². The fourth-order valence-electron chi connectivity index (χ4n) is 2.72. The maximum Gasteiger partial charge on any atom is 0.261 e. The van der Waals surface area contributed by atoms with Crippen LogP contribution < -0.4 is 14.8 Å². The monoisotopic (exact) mass is 444 g/mol. The van der Waals surface area contributed by atoms with E-state index in [0.717, 1.165) is 11.3 Å². The number of carbonyl (C=O) groups is 1. The van der Waals surface area contributed by atoms with Gasteiger partial charge in [0.05, 0.1) is 27.7 Å². The van der Waals surface area contributed by atoms with E-state index in [9.17, 15) is 13.2 Å². The summed E-state index contributed by atoms with van der Waals surface area (Å²) in [5.41, 5.74) is 1.53. The summed E-state index contributed by atoms with van der Waals surface area (Å²) in [6, 6.07) is 20.0. The van der Waals surface area contributed by atoms with Crippen molar-refractivity contribution in [3.63, 3.8) is 0 Å². The first-order chi connectivity index (χ1) is 14.4. The Kier molecular flexibility index (Phi) is 6.97. The zero-order valence-corrected chi connectivity index (χ0v) is 17.8. The second-order valence-electron chi connectivity index (χ2n) is 6.48. The lowest BCUT2D eigenvalue weighted by Crippen LogP contribution is -2.28. The minimum absolute atomic E-state index is 0.136. The lowest BCUT2D eigenvalue weighted by atomic mass is 10.2. The Balaban J connectivity index is 1.58. The number of ether oxygens (including phenoxy) is 1. The van der Waals surface area contributed by atoms with Gasteiger partial charge in [0.2, 0.25) is 0 Å². The molecule has 0 spiro atoms. The highest BCUT2D eigenvalue weighted by atomic mass is 35.5. The van der Waals surface area contributed by atoms with Gasteiger partial charge < -0.3 is 10.1 Å². The molecule has 3 rings (SSSR count). The van der Waals surface area contributed by atoms with Gasteiger partial charge in [0.15, 0.2) is 0 Å². The van der Waals surface area contributed by atoms with Crippen molar-refractivity contribution in [2.45, 2.75) is 11.8 Å². The highest BCUT2D eigenvalue weighted by Crippen LogP contribution is 2.23. The molecular weight excluding hydrogens is 424 g/mol. The van der Waals surface area contributed by atoms with Crippen LogP contribution in [0.2, 0.25) is 5.02 Å². The second kappa shape index (κ2) is 9.65. The van der Waals surface area contributed by atoms with Crippen molar-refractivity contribution in [2.75, 3.05) is 17.9 Å². The molecule has 0 unspecified atom stereocenters. The largest absolute Gasteiger partial charge is 0.491 e. The number of amides is 1. The lowest BCUT2D eigenvalue weighted by molar-refractivity contribution is 0.0947. The minimum atomic E-state index is -3.74. The van der Waals surface area contributed by atoms with Crippen LogP contribution in [0.5, 0.6) is 5.75 Å². The Bertz CT molecular complexity index is 1130. The third kappa shape index (κ3) is 5.52. The highest BCUT2D eigenvalue weighted by Gasteiger charge is 2.16. The fraction of sp³-hybridized carbons (Fsp3) is 0.136. The van der Waals surface area contributed by atoms with E-state index in [-0.39, 0.29) is 27.1 Å². The summed E-state index contributed by atoms with van der Waals surface area (Å²) in [5, 5.41) is 2.88. The zero-order chi connectivity index (χ0) is 21.6. The third-order valence-corrected chi connectivity index (χ3v) is 5.97. The van der Waals surface area contributed by atoms with Crippen LogP contribution in [-0.2, 0) is 10.0 Å². The smallest absolute Gasteiger partial charge is 0.261 e. The molecule has 0 aromatic heterocycles. The summed E-state index contributed by atoms with van der Waals surface area (Å²) in [4.78, 5) is 12.5. The number of rotatable bonds is 8. The van der Waals surface area contributed by atoms with Crippen LogP contribution in [-0.4, -0.2) is 27.5 Å². The Labute approximate surface area is 180 Å². The molecule has 0 bridgehead atoms. The third-order valence-electron chi connectivity index (χ3n) is 4.26. The van der Waals surface area contributed by atoms with Crippen LogP contribution in [0.3, 0.4) is 0 Å². The van der Waals surface area contributed by atoms with Crippen LogP contribution in [0.1, 0.15) is 15.9 Å². The van der Waals surface area contributed by atoms with Crippen LogP contribution in [0, 0.1) is 6.92 Å². The summed E-state index contributed by atoms with van der Waals surface area (Å²) < 4.78 is 32.9. The Morgan fingerprint density at radius 2 is 1.70 bits per heavy atom. The summed E-state index contributed by atoms with van der Waals surface area (Å²) >= 11 is 6.20. The van der Waals surface area contributed by atoms with Crippen molar-refractivity contribution >= 4 is 33.2 Å². The summed E-state index contributed by atoms with van der Waals surface area (Å²) in [6.07, 6.45) is 0. The van der Waals surface area contributed by atoms with Crippen LogP contribution in [0.25, 0.3) is 0 Å². The maximum atomic E-state index is 12.4. The topological polar surface area (TPSA) is 84.5 Å². The first kappa shape index (κ1) is 21.7. The average Bonchev–Trinajstić information content (AvgIpc) is 2.72. The van der Waals surface area contributed by atoms with Crippen molar-refractivity contribution in [1.82, 2.24) is 5.32 Å². The molecule has 0 aliphatic rings. The van der Waals surface area contributed by atoms with E-state index in [2.05, 4.69) is 10.0 Å². The zero-order valence-electron chi connectivity index (χ0n) is 16.3. The number of benzene rings is 3. The molecule has 1 amide bonds. The molecule has 0 atom stereocenters. The predicted octanol–water partition coefficient (Wildman–Crippen LogP) is 4.26. The Morgan fingerprint density at radius 3 is 2.40 bits per heavy atom. The van der Waals surface area contributed by atoms with E-state index in [1.807, 2.05) is 31.2 Å². The van der Waals surface area contributed by atoms with Gasteiger partial charge in [0.25, 0.3) is 15.9 Å². The van der Waals surface area contributed by atoms with Crippen molar-refractivity contribution in [3.05, 3.63) is 88.9 Å². The molecule has 0 heterocycles. The van der Waals surface area contributed by atoms with Gasteiger partial charge in [0, 0.05) is 0 Å². The van der Waals surface area contributed by atoms with Crippen LogP contribution >= 0.6 is 11.6 Å². The van der Waals surface area contributed by atoms with Gasteiger partial charge in [-0.2, -0.15) is 0 Å². The average molecular weight is 445 g/mol. The molecule has 3 aromatic rings. The number of carbonyl (C=O) groups excluding carboxylic acids is 1. The van der Waals surface area contributed by atoms with Gasteiger partial charge in [-0.3, -0.25) is 9.52 Å². The molecule has 6 nitrogen and oxygen atoms in total. The van der Waals surface area contributed by atoms with Crippen molar-refractivity contribution in [2.24, 2.45) is 0 Å². The van der Waals surface area contributed by atoms with E-state index in [1.165, 1.54) is 30.3 Å². The van der Waals surface area contributed by atoms with E-state index < -0.39 is 10.0 Å². The van der Waals surface area contributed by atoms with Gasteiger partial charge in [0.1, 0.15) is 12.4 Å². The molecule has 3 aromatic carbocycles. The molecule has 156 valence electrons. The summed E-state index contributed by atoms with van der Waals surface area (Å²) in [6.45, 7) is 2.55. The standard InChI is InChI=1S/C22H21ClN2O4S/c1-16-7-5-6-10-21(16)29-14-13-24-22(26)19-12-11-17(15-20(19)23)25-30(27,28)18-8-3-2-4-9-18/h2-12,15,25H,13-14H2,1H3,(H,24,26). The quantitative estimate of drug-likeness (QED) is 0.508. The Hall–Kier alpha value is -3.03. The van der Waals surface area contributed by atoms with E-state index in [0.29, 0.717) is 13.2 Å². The van der Waals surface area contributed by atoms with Gasteiger partial charge >= 0.3 is 0 Å². The van der Waals surface area contributed by atoms with Crippen LogP contribution in [0.15, 0.2) is 77.7 Å². The molecule has 0 saturated carbocycles. The molecule has 8 heteroatoms. The predicted molar refractivity (Wildman–Crippen MR) is 118 cm³/mol. The molecule has 0 radical (unpaired) electrons. The number of halogens is 1. The number of hydrogen-bond acceptors (Lipinski definition) is 4. The summed E-state index contributed by atoms with van der Waals surface area (Å²) in [5.74, 6) is 0.394. The summed E-state index contributed by atoms with van der Waals surface area (Å²) in [7, 11) is -3.74. The second-order valence-corrected chi connectivity index (χ2v) is 8.57. The number of anilines is 1.